The summed E-state index contributed by atoms with van der Waals surface area (Å²) in [4.78, 5) is 39.7. The van der Waals surface area contributed by atoms with Crippen LogP contribution in [0.25, 0.3) is 0 Å². The van der Waals surface area contributed by atoms with E-state index in [0.717, 1.165) is 76.2 Å². The van der Waals surface area contributed by atoms with Gasteiger partial charge >= 0.3 is 5.97 Å². The van der Waals surface area contributed by atoms with Crippen LogP contribution in [0.3, 0.4) is 0 Å². The Morgan fingerprint density at radius 1 is 1.02 bits per heavy atom. The number of aliphatic hydroxyl groups is 1. The number of hydrogen-bond acceptors (Lipinski definition) is 7. The third-order valence-electron chi connectivity index (χ3n) is 13.0. The maximum atomic E-state index is 14.5. The quantitative estimate of drug-likeness (QED) is 0.421. The summed E-state index contributed by atoms with van der Waals surface area (Å²) in [5.41, 5.74) is -1.16. The molecule has 7 nitrogen and oxygen atoms in total. The molecule has 0 aromatic heterocycles. The Balaban J connectivity index is 1.20. The van der Waals surface area contributed by atoms with Crippen molar-refractivity contribution in [2.75, 3.05) is 6.61 Å². The SMILES string of the molecule is C[C@]12C=CC(=O)C=C1CC[C@@H]1[C@@H]2[C@@H](O)C[C@@]2(C)[C@H]1C[C@H]1O[C@@H](C3CCCCC3)O[C@]12C(=O)COC(=O)C1CCCCC1. The summed E-state index contributed by atoms with van der Waals surface area (Å²) in [6.07, 6.45) is 17.2. The lowest BCUT2D eigenvalue weighted by Gasteiger charge is -2.59. The van der Waals surface area contributed by atoms with E-state index in [9.17, 15) is 19.5 Å². The Kier molecular flexibility index (Phi) is 7.34. The highest BCUT2D eigenvalue weighted by atomic mass is 16.7. The van der Waals surface area contributed by atoms with Crippen LogP contribution in [-0.4, -0.2) is 53.3 Å². The van der Waals surface area contributed by atoms with E-state index in [1.807, 2.05) is 6.08 Å². The van der Waals surface area contributed by atoms with E-state index >= 15 is 0 Å². The molecule has 1 saturated heterocycles. The van der Waals surface area contributed by atoms with E-state index < -0.39 is 29.5 Å². The Morgan fingerprint density at radius 2 is 1.74 bits per heavy atom. The molecule has 9 atom stereocenters. The van der Waals surface area contributed by atoms with Gasteiger partial charge in [-0.2, -0.15) is 0 Å². The van der Waals surface area contributed by atoms with Crippen molar-refractivity contribution in [1.82, 2.24) is 0 Å². The van der Waals surface area contributed by atoms with Crippen LogP contribution in [0.5, 0.6) is 0 Å². The van der Waals surface area contributed by atoms with Crippen molar-refractivity contribution in [2.45, 2.75) is 128 Å². The number of carbonyl (C=O) groups is 3. The summed E-state index contributed by atoms with van der Waals surface area (Å²) in [7, 11) is 0. The monoisotopic (exact) mass is 580 g/mol. The van der Waals surface area contributed by atoms with E-state index in [2.05, 4.69) is 13.8 Å². The average Bonchev–Trinajstić information content (AvgIpc) is 3.50. The third kappa shape index (κ3) is 4.27. The van der Waals surface area contributed by atoms with Gasteiger partial charge in [-0.15, -0.1) is 0 Å². The molecule has 0 amide bonds. The molecule has 5 saturated carbocycles. The predicted molar refractivity (Wildman–Crippen MR) is 155 cm³/mol. The zero-order chi connectivity index (χ0) is 29.3. The van der Waals surface area contributed by atoms with Gasteiger partial charge in [0.15, 0.2) is 24.3 Å². The Hall–Kier alpha value is -1.83. The number of ether oxygens (including phenoxy) is 3. The molecular formula is C35H48O7. The smallest absolute Gasteiger partial charge is 0.309 e. The van der Waals surface area contributed by atoms with Gasteiger partial charge in [0.2, 0.25) is 5.78 Å². The maximum absolute atomic E-state index is 14.5. The van der Waals surface area contributed by atoms with Crippen molar-refractivity contribution in [2.24, 2.45) is 40.4 Å². The molecule has 0 aromatic rings. The second-order valence-corrected chi connectivity index (χ2v) is 15.1. The minimum absolute atomic E-state index is 0.0225. The van der Waals surface area contributed by atoms with Crippen LogP contribution in [0.2, 0.25) is 0 Å². The molecule has 7 aliphatic rings. The zero-order valence-corrected chi connectivity index (χ0v) is 25.4. The fourth-order valence-electron chi connectivity index (χ4n) is 10.9. The highest BCUT2D eigenvalue weighted by Crippen LogP contribution is 2.70. The highest BCUT2D eigenvalue weighted by molar-refractivity contribution is 6.01. The summed E-state index contributed by atoms with van der Waals surface area (Å²) in [6.45, 7) is 4.00. The van der Waals surface area contributed by atoms with E-state index in [4.69, 9.17) is 14.2 Å². The van der Waals surface area contributed by atoms with Crippen LogP contribution in [0.15, 0.2) is 23.8 Å². The van der Waals surface area contributed by atoms with Crippen LogP contribution in [0.1, 0.15) is 104 Å². The molecule has 0 aromatic carbocycles. The predicted octanol–water partition coefficient (Wildman–Crippen LogP) is 5.63. The molecule has 7 heteroatoms. The van der Waals surface area contributed by atoms with E-state index in [1.54, 1.807) is 12.2 Å². The summed E-state index contributed by atoms with van der Waals surface area (Å²) in [5.74, 6) is -0.0614. The topological polar surface area (TPSA) is 99.1 Å². The van der Waals surface area contributed by atoms with Crippen molar-refractivity contribution < 1.29 is 33.7 Å². The lowest BCUT2D eigenvalue weighted by molar-refractivity contribution is -0.210. The lowest BCUT2D eigenvalue weighted by Crippen LogP contribution is -2.63. The average molecular weight is 581 g/mol. The Labute approximate surface area is 249 Å². The Bertz CT molecular complexity index is 1180. The first-order valence-electron chi connectivity index (χ1n) is 16.8. The molecule has 1 aliphatic heterocycles. The van der Waals surface area contributed by atoms with Crippen molar-refractivity contribution in [3.05, 3.63) is 23.8 Å². The summed E-state index contributed by atoms with van der Waals surface area (Å²) < 4.78 is 19.5. The van der Waals surface area contributed by atoms with Crippen molar-refractivity contribution >= 4 is 17.5 Å². The largest absolute Gasteiger partial charge is 0.457 e. The van der Waals surface area contributed by atoms with Gasteiger partial charge in [-0.1, -0.05) is 64.0 Å². The summed E-state index contributed by atoms with van der Waals surface area (Å²) in [6, 6.07) is 0. The number of aliphatic hydroxyl groups excluding tert-OH is 1. The number of carbonyl (C=O) groups excluding carboxylic acids is 3. The molecule has 0 bridgehead atoms. The number of fused-ring (bicyclic) bond motifs is 7. The van der Waals surface area contributed by atoms with Crippen LogP contribution < -0.4 is 0 Å². The van der Waals surface area contributed by atoms with Crippen LogP contribution in [0.4, 0.5) is 0 Å². The van der Waals surface area contributed by atoms with Gasteiger partial charge in [0.05, 0.1) is 18.1 Å². The number of rotatable bonds is 5. The van der Waals surface area contributed by atoms with E-state index in [0.29, 0.717) is 12.8 Å². The summed E-state index contributed by atoms with van der Waals surface area (Å²) in [5, 5.41) is 12.0. The van der Waals surface area contributed by atoms with Crippen molar-refractivity contribution in [1.29, 1.82) is 0 Å². The maximum Gasteiger partial charge on any atom is 0.309 e. The molecule has 6 fully saturated rings. The van der Waals surface area contributed by atoms with Gasteiger partial charge in [0.25, 0.3) is 0 Å². The van der Waals surface area contributed by atoms with Gasteiger partial charge < -0.3 is 19.3 Å². The first kappa shape index (κ1) is 28.9. The number of ketones is 2. The van der Waals surface area contributed by atoms with Crippen molar-refractivity contribution in [3.63, 3.8) is 0 Å². The molecule has 6 aliphatic carbocycles. The first-order valence-corrected chi connectivity index (χ1v) is 16.8. The number of hydrogen-bond donors (Lipinski definition) is 1. The van der Waals surface area contributed by atoms with Gasteiger partial charge in [-0.25, -0.2) is 0 Å². The number of esters is 1. The zero-order valence-electron chi connectivity index (χ0n) is 25.4. The van der Waals surface area contributed by atoms with Crippen LogP contribution in [-0.2, 0) is 28.6 Å². The Morgan fingerprint density at radius 3 is 2.48 bits per heavy atom. The third-order valence-corrected chi connectivity index (χ3v) is 13.0. The molecule has 0 radical (unpaired) electrons. The van der Waals surface area contributed by atoms with Crippen LogP contribution in [0, 0.1) is 40.4 Å². The fraction of sp³-hybridized carbons (Fsp3) is 0.800. The molecule has 230 valence electrons. The van der Waals surface area contributed by atoms with Crippen molar-refractivity contribution in [3.8, 4) is 0 Å². The van der Waals surface area contributed by atoms with E-state index in [-0.39, 0.29) is 59.1 Å². The first-order chi connectivity index (χ1) is 20.2. The molecule has 42 heavy (non-hydrogen) atoms. The second kappa shape index (κ2) is 10.7. The minimum atomic E-state index is -1.24. The van der Waals surface area contributed by atoms with E-state index in [1.165, 1.54) is 6.42 Å². The summed E-state index contributed by atoms with van der Waals surface area (Å²) >= 11 is 0. The van der Waals surface area contributed by atoms with Gasteiger partial charge in [0.1, 0.15) is 0 Å². The van der Waals surface area contributed by atoms with Gasteiger partial charge in [0, 0.05) is 22.7 Å². The molecule has 7 rings (SSSR count). The molecular weight excluding hydrogens is 532 g/mol. The normalized spacial score (nSPS) is 45.4. The number of Topliss-reactive ketones (excluding diaryl/α,β-unsaturated/α-hetero) is 1. The minimum Gasteiger partial charge on any atom is -0.457 e. The van der Waals surface area contributed by atoms with Gasteiger partial charge in [-0.3, -0.25) is 14.4 Å². The standard InChI is InChI=1S/C35H48O7/c1-33-16-15-24(36)17-23(33)13-14-25-26-18-29-35(34(26,2)19-27(37)30(25)33,42-32(41-29)22-11-7-4-8-12-22)28(38)20-40-31(39)21-9-5-3-6-10-21/h15-17,21-22,25-27,29-30,32,37H,3-14,18-20H2,1-2H3/t25-,26-,27-,29+,30+,32+,33-,34-,35+/m0/s1. The molecule has 1 heterocycles. The fourth-order valence-corrected chi connectivity index (χ4v) is 10.9. The molecule has 1 N–H and O–H groups in total. The van der Waals surface area contributed by atoms with Gasteiger partial charge in [-0.05, 0) is 75.4 Å². The molecule has 0 unspecified atom stereocenters. The lowest BCUT2D eigenvalue weighted by atomic mass is 9.46. The number of allylic oxidation sites excluding steroid dienone is 4. The highest BCUT2D eigenvalue weighted by Gasteiger charge is 2.76. The van der Waals surface area contributed by atoms with Crippen LogP contribution >= 0.6 is 0 Å². The molecule has 0 spiro atoms. The second-order valence-electron chi connectivity index (χ2n) is 15.1.